The van der Waals surface area contributed by atoms with Crippen molar-refractivity contribution in [2.24, 2.45) is 5.92 Å². The zero-order valence-electron chi connectivity index (χ0n) is 17.2. The molecule has 0 saturated carbocycles. The third-order valence-electron chi connectivity index (χ3n) is 6.41. The van der Waals surface area contributed by atoms with Gasteiger partial charge in [-0.15, -0.1) is 0 Å². The van der Waals surface area contributed by atoms with E-state index >= 15 is 0 Å². The Labute approximate surface area is 162 Å². The van der Waals surface area contributed by atoms with Gasteiger partial charge in [-0.3, -0.25) is 14.5 Å². The van der Waals surface area contributed by atoms with Gasteiger partial charge >= 0.3 is 0 Å². The minimum atomic E-state index is -0.265. The number of aromatic amines is 1. The summed E-state index contributed by atoms with van der Waals surface area (Å²) in [4.78, 5) is 34.8. The van der Waals surface area contributed by atoms with Crippen molar-refractivity contribution in [2.45, 2.75) is 45.6 Å². The molecule has 6 nitrogen and oxygen atoms in total. The predicted octanol–water partition coefficient (Wildman–Crippen LogP) is 1.99. The van der Waals surface area contributed by atoms with Crippen molar-refractivity contribution in [3.05, 3.63) is 33.7 Å². The molecule has 1 amide bonds. The van der Waals surface area contributed by atoms with Gasteiger partial charge in [-0.25, -0.2) is 0 Å². The Bertz CT molecular complexity index is 698. The number of carbonyl (C=O) groups excluding carboxylic acids is 1. The van der Waals surface area contributed by atoms with Crippen LogP contribution in [0.4, 0.5) is 0 Å². The smallest absolute Gasteiger partial charge is 0.261 e. The average Bonchev–Trinajstić information content (AvgIpc) is 2.67. The van der Waals surface area contributed by atoms with Crippen LogP contribution in [0, 0.1) is 5.92 Å². The molecule has 2 aliphatic heterocycles. The zero-order valence-corrected chi connectivity index (χ0v) is 17.2. The van der Waals surface area contributed by atoms with E-state index in [0.717, 1.165) is 57.8 Å². The number of piperazine rings is 1. The summed E-state index contributed by atoms with van der Waals surface area (Å²) >= 11 is 0. The van der Waals surface area contributed by atoms with Gasteiger partial charge in [0, 0.05) is 51.0 Å². The van der Waals surface area contributed by atoms with Gasteiger partial charge < -0.3 is 14.8 Å². The molecule has 1 N–H and O–H groups in total. The number of hydrogen-bond donors (Lipinski definition) is 1. The Balaban J connectivity index is 1.57. The molecular formula is C21H34N4O2. The van der Waals surface area contributed by atoms with Crippen molar-refractivity contribution in [3.63, 3.8) is 0 Å². The van der Waals surface area contributed by atoms with E-state index in [1.807, 2.05) is 24.8 Å². The number of pyridine rings is 1. The summed E-state index contributed by atoms with van der Waals surface area (Å²) in [6.45, 7) is 12.4. The van der Waals surface area contributed by atoms with Crippen molar-refractivity contribution in [1.82, 2.24) is 19.7 Å². The Morgan fingerprint density at radius 2 is 1.67 bits per heavy atom. The van der Waals surface area contributed by atoms with E-state index in [0.29, 0.717) is 12.0 Å². The predicted molar refractivity (Wildman–Crippen MR) is 108 cm³/mol. The number of rotatable bonds is 4. The molecule has 0 aromatic carbocycles. The summed E-state index contributed by atoms with van der Waals surface area (Å²) in [5.74, 6) is 0.741. The number of amides is 1. The number of hydrogen-bond acceptors (Lipinski definition) is 4. The highest BCUT2D eigenvalue weighted by molar-refractivity contribution is 5.93. The Kier molecular flexibility index (Phi) is 6.37. The first-order valence-corrected chi connectivity index (χ1v) is 10.3. The zero-order chi connectivity index (χ0) is 19.6. The highest BCUT2D eigenvalue weighted by Gasteiger charge is 2.31. The molecule has 1 unspecified atom stereocenters. The molecule has 2 fully saturated rings. The van der Waals surface area contributed by atoms with Crippen molar-refractivity contribution in [1.29, 1.82) is 0 Å². The van der Waals surface area contributed by atoms with E-state index in [-0.39, 0.29) is 22.9 Å². The largest absolute Gasteiger partial charge is 0.338 e. The molecule has 2 aliphatic rings. The first kappa shape index (κ1) is 20.1. The summed E-state index contributed by atoms with van der Waals surface area (Å²) < 4.78 is 0. The van der Waals surface area contributed by atoms with Crippen LogP contribution in [0.3, 0.4) is 0 Å². The quantitative estimate of drug-likeness (QED) is 0.876. The average molecular weight is 375 g/mol. The number of H-pyrrole nitrogens is 1. The van der Waals surface area contributed by atoms with Gasteiger partial charge in [0.15, 0.2) is 0 Å². The molecule has 0 spiro atoms. The molecule has 0 aliphatic carbocycles. The van der Waals surface area contributed by atoms with E-state index in [4.69, 9.17) is 0 Å². The lowest BCUT2D eigenvalue weighted by molar-refractivity contribution is 0.0499. The van der Waals surface area contributed by atoms with Crippen molar-refractivity contribution in [3.8, 4) is 0 Å². The number of nitrogens with zero attached hydrogens (tertiary/aromatic N) is 3. The topological polar surface area (TPSA) is 59.7 Å². The molecule has 2 saturated heterocycles. The molecule has 6 heteroatoms. The molecule has 1 aromatic heterocycles. The van der Waals surface area contributed by atoms with Crippen LogP contribution in [-0.4, -0.2) is 77.9 Å². The summed E-state index contributed by atoms with van der Waals surface area (Å²) in [7, 11) is 2.18. The second-order valence-corrected chi connectivity index (χ2v) is 8.52. The molecule has 1 atom stereocenters. The summed E-state index contributed by atoms with van der Waals surface area (Å²) in [5.41, 5.74) is 0.875. The fourth-order valence-electron chi connectivity index (χ4n) is 4.28. The number of nitrogens with one attached hydrogen (secondary N) is 1. The first-order valence-electron chi connectivity index (χ1n) is 10.3. The molecule has 1 aromatic rings. The first-order chi connectivity index (χ1) is 12.9. The molecule has 150 valence electrons. The van der Waals surface area contributed by atoms with Crippen LogP contribution in [-0.2, 0) is 0 Å². The van der Waals surface area contributed by atoms with E-state index in [9.17, 15) is 9.59 Å². The fourth-order valence-corrected chi connectivity index (χ4v) is 4.28. The highest BCUT2D eigenvalue weighted by Crippen LogP contribution is 2.25. The van der Waals surface area contributed by atoms with Crippen molar-refractivity contribution < 1.29 is 4.79 Å². The lowest BCUT2D eigenvalue weighted by atomic mass is 9.89. The van der Waals surface area contributed by atoms with Gasteiger partial charge in [0.25, 0.3) is 11.5 Å². The monoisotopic (exact) mass is 374 g/mol. The maximum atomic E-state index is 12.8. The fraction of sp³-hybridized carbons (Fsp3) is 0.714. The molecule has 27 heavy (non-hydrogen) atoms. The Morgan fingerprint density at radius 1 is 1.04 bits per heavy atom. The minimum absolute atomic E-state index is 0.128. The van der Waals surface area contributed by atoms with Crippen molar-refractivity contribution >= 4 is 5.91 Å². The van der Waals surface area contributed by atoms with E-state index < -0.39 is 0 Å². The van der Waals surface area contributed by atoms with E-state index in [1.165, 1.54) is 0 Å². The lowest BCUT2D eigenvalue weighted by Crippen LogP contribution is -2.52. The van der Waals surface area contributed by atoms with Gasteiger partial charge in [0.05, 0.1) is 0 Å². The van der Waals surface area contributed by atoms with Crippen molar-refractivity contribution in [2.75, 3.05) is 46.3 Å². The van der Waals surface area contributed by atoms with Crippen LogP contribution in [0.25, 0.3) is 0 Å². The van der Waals surface area contributed by atoms with Crippen LogP contribution in [0.5, 0.6) is 0 Å². The SMILES string of the molecule is CC(C)c1ccc(C(=O)N2CCC(C(C)N3CCN(C)CC3)CC2)c(=O)[nH]1. The number of carbonyl (C=O) groups is 1. The van der Waals surface area contributed by atoms with Gasteiger partial charge in [0.1, 0.15) is 5.56 Å². The summed E-state index contributed by atoms with van der Waals surface area (Å²) in [6, 6.07) is 4.11. The number of likely N-dealkylation sites (N-methyl/N-ethyl adjacent to an activating group) is 1. The van der Waals surface area contributed by atoms with Gasteiger partial charge in [0.2, 0.25) is 0 Å². The normalized spacial score (nSPS) is 21.6. The van der Waals surface area contributed by atoms with Crippen LogP contribution >= 0.6 is 0 Å². The second kappa shape index (κ2) is 8.57. The minimum Gasteiger partial charge on any atom is -0.338 e. The number of likely N-dealkylation sites (tertiary alicyclic amines) is 1. The van der Waals surface area contributed by atoms with Gasteiger partial charge in [-0.2, -0.15) is 0 Å². The Morgan fingerprint density at radius 3 is 2.22 bits per heavy atom. The third-order valence-corrected chi connectivity index (χ3v) is 6.41. The molecule has 0 radical (unpaired) electrons. The van der Waals surface area contributed by atoms with E-state index in [1.54, 1.807) is 6.07 Å². The number of aromatic nitrogens is 1. The highest BCUT2D eigenvalue weighted by atomic mass is 16.2. The maximum Gasteiger partial charge on any atom is 0.261 e. The summed E-state index contributed by atoms with van der Waals surface area (Å²) in [5, 5.41) is 0. The molecule has 3 heterocycles. The van der Waals surface area contributed by atoms with Crippen LogP contribution in [0.2, 0.25) is 0 Å². The summed E-state index contributed by atoms with van der Waals surface area (Å²) in [6.07, 6.45) is 2.03. The molecule has 3 rings (SSSR count). The van der Waals surface area contributed by atoms with Gasteiger partial charge in [-0.1, -0.05) is 13.8 Å². The van der Waals surface area contributed by atoms with E-state index in [2.05, 4.69) is 28.8 Å². The third kappa shape index (κ3) is 4.61. The maximum absolute atomic E-state index is 12.8. The van der Waals surface area contributed by atoms with Crippen LogP contribution in [0.1, 0.15) is 55.6 Å². The Hall–Kier alpha value is -1.66. The standard InChI is InChI=1S/C21H34N4O2/c1-15(2)19-6-5-18(20(26)22-19)21(27)25-9-7-17(8-10-25)16(3)24-13-11-23(4)12-14-24/h5-6,15-17H,7-14H2,1-4H3,(H,22,26). The van der Waals surface area contributed by atoms with Gasteiger partial charge in [-0.05, 0) is 50.8 Å². The van der Waals surface area contributed by atoms with Crippen LogP contribution in [0.15, 0.2) is 16.9 Å². The lowest BCUT2D eigenvalue weighted by Gasteiger charge is -2.42. The second-order valence-electron chi connectivity index (χ2n) is 8.52. The molecule has 0 bridgehead atoms. The molecular weight excluding hydrogens is 340 g/mol. The van der Waals surface area contributed by atoms with Crippen LogP contribution < -0.4 is 5.56 Å². The number of piperidine rings is 1.